The Morgan fingerprint density at radius 2 is 1.77 bits per heavy atom. The van der Waals surface area contributed by atoms with Gasteiger partial charge >= 0.3 is 5.97 Å². The maximum absolute atomic E-state index is 11.9. The summed E-state index contributed by atoms with van der Waals surface area (Å²) in [5, 5.41) is 17.4. The second-order valence-electron chi connectivity index (χ2n) is 7.75. The third kappa shape index (κ3) is 4.99. The number of aliphatic carboxylic acids is 1. The lowest BCUT2D eigenvalue weighted by atomic mass is 9.84. The van der Waals surface area contributed by atoms with Crippen molar-refractivity contribution in [1.82, 2.24) is 10.6 Å². The maximum atomic E-state index is 11.9. The number of ether oxygens (including phenoxy) is 2. The quantitative estimate of drug-likeness (QED) is 0.540. The second kappa shape index (κ2) is 9.49. The van der Waals surface area contributed by atoms with Crippen molar-refractivity contribution in [2.24, 2.45) is 0 Å². The largest absolute Gasteiger partial charge is 0.490 e. The molecule has 0 aromatic heterocycles. The summed E-state index contributed by atoms with van der Waals surface area (Å²) in [7, 11) is 0. The highest BCUT2D eigenvalue weighted by molar-refractivity contribution is 6.37. The summed E-state index contributed by atoms with van der Waals surface area (Å²) < 4.78 is 11.4. The zero-order valence-electron chi connectivity index (χ0n) is 17.1. The Morgan fingerprint density at radius 1 is 1.10 bits per heavy atom. The standard InChI is InChI=1S/C23H24Cl2N2O4/c1-13-8-18(24)22(19(25)9-13)31-7-6-30-16-4-2-14(3-5-16)17-10-15-11-26-12-20(27-15)21(17)23(28)29/h2-5,8-9,15,20,26-27H,6-7,10-12H2,1H3,(H,28,29)/t15-,20-/m1/s1. The van der Waals surface area contributed by atoms with Crippen LogP contribution in [0.25, 0.3) is 5.57 Å². The van der Waals surface area contributed by atoms with Gasteiger partial charge in [0.15, 0.2) is 5.75 Å². The molecule has 3 N–H and O–H groups in total. The summed E-state index contributed by atoms with van der Waals surface area (Å²) in [4.78, 5) is 11.9. The molecule has 2 aromatic rings. The number of aryl methyl sites for hydroxylation is 1. The number of benzene rings is 2. The predicted molar refractivity (Wildman–Crippen MR) is 121 cm³/mol. The first-order valence-electron chi connectivity index (χ1n) is 10.2. The van der Waals surface area contributed by atoms with Crippen molar-refractivity contribution >= 4 is 34.7 Å². The highest BCUT2D eigenvalue weighted by Crippen LogP contribution is 2.34. The van der Waals surface area contributed by atoms with Crippen LogP contribution < -0.4 is 20.1 Å². The van der Waals surface area contributed by atoms with Gasteiger partial charge in [0.05, 0.1) is 21.7 Å². The highest BCUT2D eigenvalue weighted by Gasteiger charge is 2.35. The van der Waals surface area contributed by atoms with Crippen molar-refractivity contribution in [2.45, 2.75) is 25.4 Å². The fourth-order valence-electron chi connectivity index (χ4n) is 4.12. The molecule has 1 fully saturated rings. The molecular weight excluding hydrogens is 439 g/mol. The fourth-order valence-corrected chi connectivity index (χ4v) is 4.82. The van der Waals surface area contributed by atoms with Crippen molar-refractivity contribution in [3.05, 3.63) is 63.1 Å². The van der Waals surface area contributed by atoms with E-state index in [-0.39, 0.29) is 12.1 Å². The van der Waals surface area contributed by atoms with Crippen LogP contribution in [0.3, 0.4) is 0 Å². The number of fused-ring (bicyclic) bond motifs is 2. The highest BCUT2D eigenvalue weighted by atomic mass is 35.5. The fraction of sp³-hybridized carbons (Fsp3) is 0.348. The number of carboxylic acids is 1. The van der Waals surface area contributed by atoms with Gasteiger partial charge in [-0.15, -0.1) is 0 Å². The summed E-state index contributed by atoms with van der Waals surface area (Å²) >= 11 is 12.4. The Kier molecular flexibility index (Phi) is 6.72. The van der Waals surface area contributed by atoms with E-state index in [1.54, 1.807) is 12.1 Å². The molecule has 0 spiro atoms. The molecule has 1 saturated heterocycles. The lowest BCUT2D eigenvalue weighted by Gasteiger charge is -2.38. The topological polar surface area (TPSA) is 79.8 Å². The van der Waals surface area contributed by atoms with Gasteiger partial charge in [-0.3, -0.25) is 0 Å². The Morgan fingerprint density at radius 3 is 2.45 bits per heavy atom. The third-order valence-electron chi connectivity index (χ3n) is 5.47. The molecule has 0 radical (unpaired) electrons. The van der Waals surface area contributed by atoms with Crippen LogP contribution in [0.1, 0.15) is 17.5 Å². The molecule has 0 unspecified atom stereocenters. The third-order valence-corrected chi connectivity index (χ3v) is 6.04. The Hall–Kier alpha value is -2.25. The summed E-state index contributed by atoms with van der Waals surface area (Å²) in [6.07, 6.45) is 0.678. The molecule has 2 aromatic carbocycles. The van der Waals surface area contributed by atoms with Crippen LogP contribution in [0.2, 0.25) is 10.0 Å². The SMILES string of the molecule is Cc1cc(Cl)c(OCCOc2ccc(C3=C(C(=O)O)[C@H]4CNC[C@@H](C3)N4)cc2)c(Cl)c1. The second-order valence-corrected chi connectivity index (χ2v) is 8.57. The van der Waals surface area contributed by atoms with E-state index in [0.717, 1.165) is 23.2 Å². The van der Waals surface area contributed by atoms with Crippen molar-refractivity contribution < 1.29 is 19.4 Å². The molecule has 2 bridgehead atoms. The Bertz CT molecular complexity index is 984. The number of nitrogens with one attached hydrogen (secondary N) is 2. The van der Waals surface area contributed by atoms with E-state index in [0.29, 0.717) is 53.3 Å². The van der Waals surface area contributed by atoms with Gasteiger partial charge in [-0.25, -0.2) is 4.79 Å². The monoisotopic (exact) mass is 462 g/mol. The molecule has 6 nitrogen and oxygen atoms in total. The van der Waals surface area contributed by atoms with Crippen molar-refractivity contribution in [3.8, 4) is 11.5 Å². The molecule has 2 aliphatic heterocycles. The molecule has 2 aliphatic rings. The minimum atomic E-state index is -0.874. The molecule has 2 atom stereocenters. The average Bonchev–Trinajstić information content (AvgIpc) is 2.72. The van der Waals surface area contributed by atoms with Crippen LogP contribution in [0, 0.1) is 6.92 Å². The minimum Gasteiger partial charge on any atom is -0.490 e. The van der Waals surface area contributed by atoms with Crippen LogP contribution in [0.15, 0.2) is 42.0 Å². The average molecular weight is 463 g/mol. The first kappa shape index (κ1) is 22.0. The van der Waals surface area contributed by atoms with E-state index in [2.05, 4.69) is 10.6 Å². The number of rotatable bonds is 7. The van der Waals surface area contributed by atoms with Crippen LogP contribution in [-0.4, -0.2) is 49.5 Å². The van der Waals surface area contributed by atoms with E-state index in [1.165, 1.54) is 0 Å². The number of piperazine rings is 1. The van der Waals surface area contributed by atoms with Gasteiger partial charge in [-0.05, 0) is 54.3 Å². The number of carboxylic acid groups (broad SMARTS) is 1. The van der Waals surface area contributed by atoms with E-state index in [9.17, 15) is 9.90 Å². The molecule has 0 saturated carbocycles. The van der Waals surface area contributed by atoms with E-state index in [1.807, 2.05) is 31.2 Å². The van der Waals surface area contributed by atoms with Crippen molar-refractivity contribution in [2.75, 3.05) is 26.3 Å². The summed E-state index contributed by atoms with van der Waals surface area (Å²) in [5.41, 5.74) is 3.21. The number of halogens is 2. The number of carbonyl (C=O) groups is 1. The summed E-state index contributed by atoms with van der Waals surface area (Å²) in [5.74, 6) is 0.259. The van der Waals surface area contributed by atoms with Gasteiger partial charge in [0.25, 0.3) is 0 Å². The van der Waals surface area contributed by atoms with Crippen LogP contribution in [0.4, 0.5) is 0 Å². The molecule has 164 valence electrons. The van der Waals surface area contributed by atoms with E-state index >= 15 is 0 Å². The van der Waals surface area contributed by atoms with Crippen molar-refractivity contribution in [3.63, 3.8) is 0 Å². The molecule has 0 amide bonds. The predicted octanol–water partition coefficient (Wildman–Crippen LogP) is 3.93. The lowest BCUT2D eigenvalue weighted by molar-refractivity contribution is -0.133. The zero-order chi connectivity index (χ0) is 22.0. The number of hydrogen-bond donors (Lipinski definition) is 3. The van der Waals surface area contributed by atoms with Crippen LogP contribution >= 0.6 is 23.2 Å². The first-order valence-corrected chi connectivity index (χ1v) is 10.9. The molecule has 4 rings (SSSR count). The van der Waals surface area contributed by atoms with Gasteiger partial charge < -0.3 is 25.2 Å². The summed E-state index contributed by atoms with van der Waals surface area (Å²) in [6.45, 7) is 3.99. The smallest absolute Gasteiger partial charge is 0.333 e. The normalized spacial score (nSPS) is 20.5. The van der Waals surface area contributed by atoms with Gasteiger partial charge in [0.1, 0.15) is 19.0 Å². The van der Waals surface area contributed by atoms with Gasteiger partial charge in [-0.1, -0.05) is 35.3 Å². The minimum absolute atomic E-state index is 0.173. The number of hydrogen-bond acceptors (Lipinski definition) is 5. The van der Waals surface area contributed by atoms with Gasteiger partial charge in [-0.2, -0.15) is 0 Å². The summed E-state index contributed by atoms with van der Waals surface area (Å²) in [6, 6.07) is 11.2. The molecular formula is C23H24Cl2N2O4. The zero-order valence-corrected chi connectivity index (χ0v) is 18.6. The van der Waals surface area contributed by atoms with E-state index < -0.39 is 5.97 Å². The molecule has 0 aliphatic carbocycles. The Balaban J connectivity index is 1.39. The van der Waals surface area contributed by atoms with Crippen molar-refractivity contribution in [1.29, 1.82) is 0 Å². The van der Waals surface area contributed by atoms with Gasteiger partial charge in [0, 0.05) is 19.1 Å². The molecule has 2 heterocycles. The Labute approximate surface area is 191 Å². The maximum Gasteiger partial charge on any atom is 0.333 e. The van der Waals surface area contributed by atoms with Crippen LogP contribution in [0.5, 0.6) is 11.5 Å². The molecule has 31 heavy (non-hydrogen) atoms. The lowest BCUT2D eigenvalue weighted by Crippen LogP contribution is -2.58. The van der Waals surface area contributed by atoms with E-state index in [4.69, 9.17) is 32.7 Å². The first-order chi connectivity index (χ1) is 14.9. The molecule has 8 heteroatoms. The van der Waals surface area contributed by atoms with Gasteiger partial charge in [0.2, 0.25) is 0 Å². The van der Waals surface area contributed by atoms with Crippen LogP contribution in [-0.2, 0) is 4.79 Å².